The van der Waals surface area contributed by atoms with Crippen LogP contribution in [0.4, 0.5) is 5.69 Å². The van der Waals surface area contributed by atoms with Crippen molar-refractivity contribution in [2.24, 2.45) is 5.73 Å². The Kier molecular flexibility index (Phi) is 4.32. The highest BCUT2D eigenvalue weighted by atomic mass is 79.9. The summed E-state index contributed by atoms with van der Waals surface area (Å²) < 4.78 is 1.11. The van der Waals surface area contributed by atoms with Gasteiger partial charge in [-0.15, -0.1) is 0 Å². The van der Waals surface area contributed by atoms with Crippen molar-refractivity contribution in [2.75, 3.05) is 18.0 Å². The maximum absolute atomic E-state index is 6.15. The molecule has 2 nitrogen and oxygen atoms in total. The molecule has 2 aromatic rings. The van der Waals surface area contributed by atoms with Crippen LogP contribution in [0.25, 0.3) is 0 Å². The number of nitrogens with two attached hydrogens (primary N) is 1. The lowest BCUT2D eigenvalue weighted by Gasteiger charge is -2.27. The molecule has 1 heterocycles. The Morgan fingerprint density at radius 1 is 1.05 bits per heavy atom. The van der Waals surface area contributed by atoms with Crippen LogP contribution < -0.4 is 10.6 Å². The number of hydrogen-bond acceptors (Lipinski definition) is 2. The van der Waals surface area contributed by atoms with Crippen molar-refractivity contribution in [2.45, 2.75) is 25.8 Å². The third-order valence-electron chi connectivity index (χ3n) is 4.24. The fraction of sp³-hybridized carbons (Fsp3) is 0.333. The second-order valence-electron chi connectivity index (χ2n) is 5.75. The van der Waals surface area contributed by atoms with Crippen molar-refractivity contribution in [3.8, 4) is 0 Å². The van der Waals surface area contributed by atoms with Gasteiger partial charge in [0.2, 0.25) is 0 Å². The van der Waals surface area contributed by atoms with Gasteiger partial charge in [-0.05, 0) is 48.6 Å². The summed E-state index contributed by atoms with van der Waals surface area (Å²) in [5.74, 6) is 0. The number of fused-ring (bicyclic) bond motifs is 1. The molecule has 0 saturated carbocycles. The molecule has 0 spiro atoms. The van der Waals surface area contributed by atoms with Gasteiger partial charge in [0.05, 0.1) is 0 Å². The SMILES string of the molecule is CC(N)c1ccc(Br)cc1N1CCc2ccccc2CC1. The molecule has 1 atom stereocenters. The molecule has 3 rings (SSSR count). The molecule has 2 aromatic carbocycles. The molecule has 110 valence electrons. The Bertz CT molecular complexity index is 610. The minimum atomic E-state index is 0.0544. The highest BCUT2D eigenvalue weighted by Crippen LogP contribution is 2.30. The fourth-order valence-electron chi connectivity index (χ4n) is 3.08. The standard InChI is InChI=1S/C18H21BrN2/c1-13(20)17-7-6-16(19)12-18(17)21-10-8-14-4-2-3-5-15(14)9-11-21/h2-7,12-13H,8-11,20H2,1H3. The molecule has 1 aliphatic rings. The van der Waals surface area contributed by atoms with E-state index >= 15 is 0 Å². The molecule has 0 amide bonds. The molecular weight excluding hydrogens is 324 g/mol. The van der Waals surface area contributed by atoms with Crippen LogP contribution in [-0.4, -0.2) is 13.1 Å². The third-order valence-corrected chi connectivity index (χ3v) is 4.74. The number of anilines is 1. The van der Waals surface area contributed by atoms with Gasteiger partial charge in [-0.2, -0.15) is 0 Å². The van der Waals surface area contributed by atoms with Crippen molar-refractivity contribution in [1.29, 1.82) is 0 Å². The van der Waals surface area contributed by atoms with Crippen LogP contribution in [0.3, 0.4) is 0 Å². The average molecular weight is 345 g/mol. The summed E-state index contributed by atoms with van der Waals surface area (Å²) in [7, 11) is 0. The summed E-state index contributed by atoms with van der Waals surface area (Å²) in [5, 5.41) is 0. The number of halogens is 1. The van der Waals surface area contributed by atoms with Gasteiger partial charge < -0.3 is 10.6 Å². The van der Waals surface area contributed by atoms with Crippen molar-refractivity contribution >= 4 is 21.6 Å². The predicted molar refractivity (Wildman–Crippen MR) is 92.8 cm³/mol. The summed E-state index contributed by atoms with van der Waals surface area (Å²) in [6.45, 7) is 4.15. The molecule has 0 bridgehead atoms. The van der Waals surface area contributed by atoms with Crippen molar-refractivity contribution in [3.05, 3.63) is 63.6 Å². The van der Waals surface area contributed by atoms with Gasteiger partial charge in [-0.25, -0.2) is 0 Å². The zero-order valence-electron chi connectivity index (χ0n) is 12.3. The van der Waals surface area contributed by atoms with Crippen LogP contribution in [-0.2, 0) is 12.8 Å². The van der Waals surface area contributed by atoms with E-state index in [1.165, 1.54) is 22.4 Å². The van der Waals surface area contributed by atoms with Crippen LogP contribution in [0, 0.1) is 0 Å². The number of rotatable bonds is 2. The fourth-order valence-corrected chi connectivity index (χ4v) is 3.43. The van der Waals surface area contributed by atoms with Crippen LogP contribution in [0.15, 0.2) is 46.9 Å². The minimum absolute atomic E-state index is 0.0544. The number of hydrogen-bond donors (Lipinski definition) is 1. The maximum Gasteiger partial charge on any atom is 0.0426 e. The van der Waals surface area contributed by atoms with Gasteiger partial charge in [0.25, 0.3) is 0 Å². The van der Waals surface area contributed by atoms with Crippen LogP contribution in [0.5, 0.6) is 0 Å². The highest BCUT2D eigenvalue weighted by molar-refractivity contribution is 9.10. The first kappa shape index (κ1) is 14.6. The van der Waals surface area contributed by atoms with Crippen LogP contribution in [0.1, 0.15) is 29.7 Å². The second kappa shape index (κ2) is 6.20. The lowest BCUT2D eigenvalue weighted by Crippen LogP contribution is -2.28. The molecule has 3 heteroatoms. The molecular formula is C18H21BrN2. The first-order valence-electron chi connectivity index (χ1n) is 7.52. The van der Waals surface area contributed by atoms with Gasteiger partial charge >= 0.3 is 0 Å². The minimum Gasteiger partial charge on any atom is -0.371 e. The number of benzene rings is 2. The molecule has 0 aliphatic carbocycles. The second-order valence-corrected chi connectivity index (χ2v) is 6.66. The monoisotopic (exact) mass is 344 g/mol. The van der Waals surface area contributed by atoms with Gasteiger partial charge in [-0.1, -0.05) is 46.3 Å². The molecule has 1 aliphatic heterocycles. The lowest BCUT2D eigenvalue weighted by molar-refractivity contribution is 0.767. The molecule has 0 fully saturated rings. The van der Waals surface area contributed by atoms with E-state index in [4.69, 9.17) is 5.73 Å². The summed E-state index contributed by atoms with van der Waals surface area (Å²) in [4.78, 5) is 2.48. The van der Waals surface area contributed by atoms with Gasteiger partial charge in [0.1, 0.15) is 0 Å². The quantitative estimate of drug-likeness (QED) is 0.889. The van der Waals surface area contributed by atoms with E-state index in [1.807, 2.05) is 0 Å². The summed E-state index contributed by atoms with van der Waals surface area (Å²) in [6, 6.07) is 15.3. The number of nitrogens with zero attached hydrogens (tertiary/aromatic N) is 1. The first-order chi connectivity index (χ1) is 10.1. The largest absolute Gasteiger partial charge is 0.371 e. The Morgan fingerprint density at radius 2 is 1.67 bits per heavy atom. The van der Waals surface area contributed by atoms with Gasteiger partial charge in [0.15, 0.2) is 0 Å². The summed E-state index contributed by atoms with van der Waals surface area (Å²) in [6.07, 6.45) is 2.20. The van der Waals surface area contributed by atoms with Crippen molar-refractivity contribution in [3.63, 3.8) is 0 Å². The van der Waals surface area contributed by atoms with Gasteiger partial charge in [-0.3, -0.25) is 0 Å². The molecule has 0 aromatic heterocycles. The molecule has 1 unspecified atom stereocenters. The van der Waals surface area contributed by atoms with E-state index in [9.17, 15) is 0 Å². The normalized spacial score (nSPS) is 16.2. The molecule has 0 radical (unpaired) electrons. The molecule has 21 heavy (non-hydrogen) atoms. The van der Waals surface area contributed by atoms with Crippen molar-refractivity contribution < 1.29 is 0 Å². The van der Waals surface area contributed by atoms with E-state index in [0.29, 0.717) is 0 Å². The van der Waals surface area contributed by atoms with E-state index in [-0.39, 0.29) is 6.04 Å². The summed E-state index contributed by atoms with van der Waals surface area (Å²) in [5.41, 5.74) is 11.6. The maximum atomic E-state index is 6.15. The Hall–Kier alpha value is -1.32. The third kappa shape index (κ3) is 3.14. The van der Waals surface area contributed by atoms with Crippen LogP contribution in [0.2, 0.25) is 0 Å². The molecule has 0 saturated heterocycles. The average Bonchev–Trinajstić information content (AvgIpc) is 2.69. The highest BCUT2D eigenvalue weighted by Gasteiger charge is 2.18. The van der Waals surface area contributed by atoms with E-state index in [1.54, 1.807) is 0 Å². The van der Waals surface area contributed by atoms with E-state index in [2.05, 4.69) is 70.2 Å². The topological polar surface area (TPSA) is 29.3 Å². The zero-order valence-corrected chi connectivity index (χ0v) is 13.9. The lowest BCUT2D eigenvalue weighted by atomic mass is 10.0. The Morgan fingerprint density at radius 3 is 2.24 bits per heavy atom. The molecule has 2 N–H and O–H groups in total. The first-order valence-corrected chi connectivity index (χ1v) is 8.31. The van der Waals surface area contributed by atoms with Crippen LogP contribution >= 0.6 is 15.9 Å². The Balaban J connectivity index is 1.91. The van der Waals surface area contributed by atoms with E-state index in [0.717, 1.165) is 30.4 Å². The van der Waals surface area contributed by atoms with Gasteiger partial charge in [0, 0.05) is 29.3 Å². The summed E-state index contributed by atoms with van der Waals surface area (Å²) >= 11 is 3.59. The predicted octanol–water partition coefficient (Wildman–Crippen LogP) is 4.07. The van der Waals surface area contributed by atoms with Crippen molar-refractivity contribution in [1.82, 2.24) is 0 Å². The smallest absolute Gasteiger partial charge is 0.0426 e. The van der Waals surface area contributed by atoms with E-state index < -0.39 is 0 Å². The zero-order chi connectivity index (χ0) is 14.8. The Labute approximate surface area is 135 Å².